The Bertz CT molecular complexity index is 1600. The molecule has 0 saturated heterocycles. The summed E-state index contributed by atoms with van der Waals surface area (Å²) in [5.41, 5.74) is 6.82. The topological polar surface area (TPSA) is 131 Å². The van der Waals surface area contributed by atoms with Crippen molar-refractivity contribution in [3.05, 3.63) is 84.5 Å². The number of carbonyl (C=O) groups excluding carboxylic acids is 2. The summed E-state index contributed by atoms with van der Waals surface area (Å²) in [5.74, 6) is 0.257. The van der Waals surface area contributed by atoms with Gasteiger partial charge in [0.05, 0.1) is 36.1 Å². The van der Waals surface area contributed by atoms with E-state index in [-0.39, 0.29) is 24.3 Å². The van der Waals surface area contributed by atoms with Crippen LogP contribution in [0.3, 0.4) is 0 Å². The van der Waals surface area contributed by atoms with E-state index >= 15 is 0 Å². The van der Waals surface area contributed by atoms with E-state index in [9.17, 15) is 14.4 Å². The molecule has 1 atom stereocenters. The van der Waals surface area contributed by atoms with Crippen molar-refractivity contribution in [3.8, 4) is 17.2 Å². The van der Waals surface area contributed by atoms with Crippen LogP contribution in [0.15, 0.2) is 63.5 Å². The number of rotatable bonds is 10. The van der Waals surface area contributed by atoms with Crippen molar-refractivity contribution >= 4 is 29.3 Å². The van der Waals surface area contributed by atoms with Crippen LogP contribution >= 0.6 is 11.3 Å². The van der Waals surface area contributed by atoms with Gasteiger partial charge in [-0.25, -0.2) is 9.79 Å². The van der Waals surface area contributed by atoms with Gasteiger partial charge < -0.3 is 24.7 Å². The summed E-state index contributed by atoms with van der Waals surface area (Å²) < 4.78 is 24.1. The lowest BCUT2D eigenvalue weighted by atomic mass is 9.94. The Morgan fingerprint density at radius 1 is 1.10 bits per heavy atom. The van der Waals surface area contributed by atoms with E-state index in [2.05, 4.69) is 4.99 Å². The monoisotopic (exact) mass is 551 g/mol. The highest BCUT2D eigenvalue weighted by Crippen LogP contribution is 2.40. The van der Waals surface area contributed by atoms with Gasteiger partial charge in [0.2, 0.25) is 0 Å². The molecule has 0 saturated carbocycles. The predicted molar refractivity (Wildman–Crippen MR) is 146 cm³/mol. The lowest BCUT2D eigenvalue weighted by Crippen LogP contribution is -2.40. The number of thiazole rings is 1. The molecule has 2 aromatic carbocycles. The highest BCUT2D eigenvalue weighted by molar-refractivity contribution is 7.07. The zero-order chi connectivity index (χ0) is 28.1. The Hall–Kier alpha value is -4.38. The first-order chi connectivity index (χ1) is 18.8. The molecule has 10 nitrogen and oxygen atoms in total. The van der Waals surface area contributed by atoms with Crippen LogP contribution < -0.4 is 34.8 Å². The van der Waals surface area contributed by atoms with Gasteiger partial charge in [0.1, 0.15) is 11.8 Å². The van der Waals surface area contributed by atoms with E-state index in [4.69, 9.17) is 24.7 Å². The van der Waals surface area contributed by atoms with Crippen LogP contribution in [0.1, 0.15) is 37.9 Å². The number of nitrogens with two attached hydrogens (primary N) is 1. The minimum Gasteiger partial charge on any atom is -0.493 e. The number of benzene rings is 2. The minimum atomic E-state index is -0.844. The zero-order valence-electron chi connectivity index (χ0n) is 22.1. The van der Waals surface area contributed by atoms with Crippen molar-refractivity contribution in [1.29, 1.82) is 0 Å². The van der Waals surface area contributed by atoms with Crippen molar-refractivity contribution < 1.29 is 28.5 Å². The standard InChI is InChI=1S/C28H29N3O7S/c1-5-36-25-19(8-7-9-20(25)35-4)24-23(27(34)37-6-2)16(3)30-28-31(24)26(33)21(39-28)14-17-10-12-18(13-11-17)38-15-22(29)32/h7-14,24H,5-6,15H2,1-4H3,(H2,29,32)/b21-14+/t24-/m1/s1. The van der Waals surface area contributed by atoms with Crippen LogP contribution in [0.4, 0.5) is 0 Å². The van der Waals surface area contributed by atoms with Crippen LogP contribution in [0, 0.1) is 0 Å². The molecule has 2 heterocycles. The maximum Gasteiger partial charge on any atom is 0.338 e. The van der Waals surface area contributed by atoms with Gasteiger partial charge in [0.15, 0.2) is 22.9 Å². The second-order valence-corrected chi connectivity index (χ2v) is 9.45. The van der Waals surface area contributed by atoms with E-state index in [0.29, 0.717) is 44.4 Å². The molecule has 0 fully saturated rings. The first-order valence-electron chi connectivity index (χ1n) is 12.3. The molecule has 0 radical (unpaired) electrons. The molecular weight excluding hydrogens is 522 g/mol. The molecule has 1 aliphatic heterocycles. The molecule has 11 heteroatoms. The van der Waals surface area contributed by atoms with Gasteiger partial charge in [-0.2, -0.15) is 0 Å². The number of fused-ring (bicyclic) bond motifs is 1. The maximum atomic E-state index is 13.9. The summed E-state index contributed by atoms with van der Waals surface area (Å²) in [6, 6.07) is 11.4. The van der Waals surface area contributed by atoms with Crippen LogP contribution in [0.2, 0.25) is 0 Å². The molecule has 39 heavy (non-hydrogen) atoms. The number of aromatic nitrogens is 1. The molecule has 1 aliphatic rings. The van der Waals surface area contributed by atoms with Gasteiger partial charge in [0.25, 0.3) is 11.5 Å². The third-order valence-electron chi connectivity index (χ3n) is 5.89. The van der Waals surface area contributed by atoms with Gasteiger partial charge in [0, 0.05) is 5.56 Å². The fourth-order valence-corrected chi connectivity index (χ4v) is 5.31. The molecule has 2 N–H and O–H groups in total. The van der Waals surface area contributed by atoms with Gasteiger partial charge in [-0.15, -0.1) is 0 Å². The molecule has 0 bridgehead atoms. The Morgan fingerprint density at radius 2 is 1.85 bits per heavy atom. The SMILES string of the molecule is CCOC(=O)C1=C(C)N=c2s/c(=C/c3ccc(OCC(N)=O)cc3)c(=O)n2[C@@H]1c1cccc(OC)c1OCC. The second kappa shape index (κ2) is 12.0. The van der Waals surface area contributed by atoms with Gasteiger partial charge >= 0.3 is 5.97 Å². The number of hydrogen-bond donors (Lipinski definition) is 1. The van der Waals surface area contributed by atoms with Crippen LogP contribution in [0.25, 0.3) is 6.08 Å². The largest absolute Gasteiger partial charge is 0.493 e. The Kier molecular flexibility index (Phi) is 8.50. The quantitative estimate of drug-likeness (QED) is 0.382. The van der Waals surface area contributed by atoms with Gasteiger partial charge in [-0.05, 0) is 50.6 Å². The number of allylic oxidation sites excluding steroid dienone is 1. The molecule has 0 unspecified atom stereocenters. The van der Waals surface area contributed by atoms with E-state index in [1.54, 1.807) is 62.4 Å². The summed E-state index contributed by atoms with van der Waals surface area (Å²) in [6.45, 7) is 5.59. The van der Waals surface area contributed by atoms with E-state index in [1.807, 2.05) is 6.92 Å². The number of para-hydroxylation sites is 1. The smallest absolute Gasteiger partial charge is 0.338 e. The average molecular weight is 552 g/mol. The highest BCUT2D eigenvalue weighted by atomic mass is 32.1. The van der Waals surface area contributed by atoms with Crippen molar-refractivity contribution in [3.63, 3.8) is 0 Å². The summed E-state index contributed by atoms with van der Waals surface area (Å²) >= 11 is 1.21. The minimum absolute atomic E-state index is 0.169. The molecule has 1 amide bonds. The van der Waals surface area contributed by atoms with E-state index in [0.717, 1.165) is 5.56 Å². The summed E-state index contributed by atoms with van der Waals surface area (Å²) in [4.78, 5) is 43.1. The molecule has 3 aromatic rings. The average Bonchev–Trinajstić information content (AvgIpc) is 3.22. The lowest BCUT2D eigenvalue weighted by molar-refractivity contribution is -0.139. The van der Waals surface area contributed by atoms with E-state index in [1.165, 1.54) is 23.0 Å². The Labute approximate surface area is 228 Å². The first-order valence-corrected chi connectivity index (χ1v) is 13.1. The second-order valence-electron chi connectivity index (χ2n) is 8.44. The molecule has 0 aliphatic carbocycles. The maximum absolute atomic E-state index is 13.9. The number of methoxy groups -OCH3 is 1. The van der Waals surface area contributed by atoms with Crippen molar-refractivity contribution in [2.45, 2.75) is 26.8 Å². The molecule has 1 aromatic heterocycles. The number of ether oxygens (including phenoxy) is 4. The predicted octanol–water partition coefficient (Wildman–Crippen LogP) is 2.07. The van der Waals surface area contributed by atoms with Gasteiger partial charge in [-0.1, -0.05) is 35.6 Å². The number of amides is 1. The normalized spacial score (nSPS) is 14.9. The number of hydrogen-bond acceptors (Lipinski definition) is 9. The summed E-state index contributed by atoms with van der Waals surface area (Å²) in [6.07, 6.45) is 1.73. The molecule has 204 valence electrons. The Morgan fingerprint density at radius 3 is 2.49 bits per heavy atom. The van der Waals surface area contributed by atoms with Crippen molar-refractivity contribution in [1.82, 2.24) is 4.57 Å². The summed E-state index contributed by atoms with van der Waals surface area (Å²) in [5, 5.41) is 0. The molecular formula is C28H29N3O7S. The van der Waals surface area contributed by atoms with Crippen LogP contribution in [0.5, 0.6) is 17.2 Å². The number of primary amides is 1. The first kappa shape index (κ1) is 27.6. The summed E-state index contributed by atoms with van der Waals surface area (Å²) in [7, 11) is 1.53. The van der Waals surface area contributed by atoms with Gasteiger partial charge in [-0.3, -0.25) is 14.2 Å². The fraction of sp³-hybridized carbons (Fsp3) is 0.286. The van der Waals surface area contributed by atoms with E-state index < -0.39 is 17.9 Å². The Balaban J connectivity index is 1.89. The zero-order valence-corrected chi connectivity index (χ0v) is 22.9. The molecule has 0 spiro atoms. The number of nitrogens with zero attached hydrogens (tertiary/aromatic N) is 2. The van der Waals surface area contributed by atoms with Crippen molar-refractivity contribution in [2.24, 2.45) is 10.7 Å². The van der Waals surface area contributed by atoms with Crippen LogP contribution in [-0.4, -0.2) is 43.4 Å². The number of esters is 1. The highest BCUT2D eigenvalue weighted by Gasteiger charge is 2.35. The molecule has 4 rings (SSSR count). The lowest BCUT2D eigenvalue weighted by Gasteiger charge is -2.26. The fourth-order valence-electron chi connectivity index (χ4n) is 4.26. The third-order valence-corrected chi connectivity index (χ3v) is 6.87. The van der Waals surface area contributed by atoms with Crippen molar-refractivity contribution in [2.75, 3.05) is 26.9 Å². The number of carbonyl (C=O) groups is 2. The third kappa shape index (κ3) is 5.73. The van der Waals surface area contributed by atoms with Crippen LogP contribution in [-0.2, 0) is 14.3 Å².